The molecule has 0 spiro atoms. The molecule has 2 N–H and O–H groups in total. The molecule has 1 saturated heterocycles. The molecule has 0 radical (unpaired) electrons. The number of aromatic amines is 1. The Labute approximate surface area is 179 Å². The van der Waals surface area contributed by atoms with Crippen LogP contribution in [-0.2, 0) is 12.1 Å². The van der Waals surface area contributed by atoms with Crippen molar-refractivity contribution in [2.24, 2.45) is 0 Å². The molecule has 3 rings (SSSR count). The van der Waals surface area contributed by atoms with E-state index < -0.39 is 40.4 Å². The maximum absolute atomic E-state index is 14.3. The van der Waals surface area contributed by atoms with E-state index in [-0.39, 0.29) is 16.8 Å². The molecule has 1 aliphatic rings. The molecular formula is C20H19ClF5N3O2. The minimum Gasteiger partial charge on any atom is -0.449 e. The van der Waals surface area contributed by atoms with Gasteiger partial charge in [-0.15, -0.1) is 0 Å². The van der Waals surface area contributed by atoms with E-state index >= 15 is 0 Å². The Morgan fingerprint density at radius 2 is 1.87 bits per heavy atom. The van der Waals surface area contributed by atoms with E-state index in [0.717, 1.165) is 24.3 Å². The summed E-state index contributed by atoms with van der Waals surface area (Å²) in [5.74, 6) is -5.43. The fourth-order valence-corrected chi connectivity index (χ4v) is 3.54. The average molecular weight is 464 g/mol. The number of rotatable bonds is 5. The molecule has 0 amide bonds. The molecule has 0 saturated carbocycles. The van der Waals surface area contributed by atoms with Crippen molar-refractivity contribution in [1.29, 1.82) is 0 Å². The van der Waals surface area contributed by atoms with Crippen LogP contribution in [0.4, 0.5) is 22.0 Å². The summed E-state index contributed by atoms with van der Waals surface area (Å²) in [6, 6.07) is 2.95. The smallest absolute Gasteiger partial charge is 0.437 e. The number of hydrogen-bond donors (Lipinski definition) is 2. The van der Waals surface area contributed by atoms with Gasteiger partial charge in [-0.05, 0) is 57.1 Å². The van der Waals surface area contributed by atoms with Crippen LogP contribution < -0.4 is 15.6 Å². The number of hydrogen-bond acceptors (Lipinski definition) is 4. The lowest BCUT2D eigenvalue weighted by atomic mass is 9.97. The third kappa shape index (κ3) is 5.24. The summed E-state index contributed by atoms with van der Waals surface area (Å²) in [6.45, 7) is 2.55. The van der Waals surface area contributed by atoms with Gasteiger partial charge in [0, 0.05) is 11.5 Å². The molecular weight excluding hydrogens is 445 g/mol. The zero-order chi connectivity index (χ0) is 22.8. The summed E-state index contributed by atoms with van der Waals surface area (Å²) in [4.78, 5) is 18.5. The molecule has 2 aromatic rings. The zero-order valence-corrected chi connectivity index (χ0v) is 17.1. The molecule has 0 unspecified atom stereocenters. The van der Waals surface area contributed by atoms with Crippen molar-refractivity contribution in [2.75, 3.05) is 13.1 Å². The molecule has 5 nitrogen and oxygen atoms in total. The number of ether oxygens (including phenoxy) is 1. The largest absolute Gasteiger partial charge is 0.449 e. The van der Waals surface area contributed by atoms with Crippen molar-refractivity contribution in [3.8, 4) is 11.5 Å². The lowest BCUT2D eigenvalue weighted by Crippen LogP contribution is -2.30. The lowest BCUT2D eigenvalue weighted by Gasteiger charge is -2.23. The maximum Gasteiger partial charge on any atom is 0.437 e. The molecule has 1 fully saturated rings. The van der Waals surface area contributed by atoms with Crippen LogP contribution in [0.2, 0.25) is 5.02 Å². The molecule has 168 valence electrons. The van der Waals surface area contributed by atoms with E-state index in [1.54, 1.807) is 0 Å². The predicted molar refractivity (Wildman–Crippen MR) is 105 cm³/mol. The molecule has 0 aliphatic carbocycles. The Morgan fingerprint density at radius 3 is 2.48 bits per heavy atom. The summed E-state index contributed by atoms with van der Waals surface area (Å²) in [6.07, 6.45) is -2.27. The van der Waals surface area contributed by atoms with Gasteiger partial charge in [-0.1, -0.05) is 17.7 Å². The van der Waals surface area contributed by atoms with E-state index in [1.165, 1.54) is 6.92 Å². The molecule has 11 heteroatoms. The van der Waals surface area contributed by atoms with Crippen LogP contribution in [0, 0.1) is 0 Å². The van der Waals surface area contributed by atoms with Gasteiger partial charge in [0.15, 0.2) is 5.69 Å². The lowest BCUT2D eigenvalue weighted by molar-refractivity contribution is -0.142. The second-order valence-electron chi connectivity index (χ2n) is 7.02. The Morgan fingerprint density at radius 1 is 1.19 bits per heavy atom. The molecule has 0 bridgehead atoms. The third-order valence-electron chi connectivity index (χ3n) is 4.78. The summed E-state index contributed by atoms with van der Waals surface area (Å²) in [5.41, 5.74) is -3.33. The van der Waals surface area contributed by atoms with Gasteiger partial charge in [0.1, 0.15) is 11.6 Å². The molecule has 1 aromatic heterocycles. The van der Waals surface area contributed by atoms with Gasteiger partial charge >= 0.3 is 6.18 Å². The van der Waals surface area contributed by atoms with Crippen LogP contribution in [0.1, 0.15) is 42.8 Å². The average Bonchev–Trinajstić information content (AvgIpc) is 2.70. The minimum absolute atomic E-state index is 0.0809. The van der Waals surface area contributed by atoms with Crippen LogP contribution in [0.3, 0.4) is 0 Å². The Kier molecular flexibility index (Phi) is 6.70. The van der Waals surface area contributed by atoms with Crippen molar-refractivity contribution < 1.29 is 26.7 Å². The highest BCUT2D eigenvalue weighted by Gasteiger charge is 2.40. The standard InChI is InChI=1S/C20H19ClF5N3O2/c1-2-7-19(22,23)13-10-12(3-4-14(13)21)31-15-16(20(24,25)26)28-17(29-18(15)30)11-5-8-27-9-6-11/h2-4,7,10-11,27H,5-6,8-9H2,1H3,(H,28,29,30). The van der Waals surface area contributed by atoms with E-state index in [0.29, 0.717) is 32.0 Å². The third-order valence-corrected chi connectivity index (χ3v) is 5.11. The fourth-order valence-electron chi connectivity index (χ4n) is 3.30. The topological polar surface area (TPSA) is 67.0 Å². The summed E-state index contributed by atoms with van der Waals surface area (Å²) in [5, 5.41) is 2.77. The van der Waals surface area contributed by atoms with Gasteiger partial charge in [-0.25, -0.2) is 4.98 Å². The van der Waals surface area contributed by atoms with E-state index in [1.807, 2.05) is 0 Å². The number of nitrogens with one attached hydrogen (secondary N) is 2. The number of allylic oxidation sites excluding steroid dienone is 2. The predicted octanol–water partition coefficient (Wildman–Crippen LogP) is 5.37. The second kappa shape index (κ2) is 8.96. The van der Waals surface area contributed by atoms with Crippen molar-refractivity contribution in [3.05, 3.63) is 62.8 Å². The quantitative estimate of drug-likeness (QED) is 0.462. The van der Waals surface area contributed by atoms with Crippen LogP contribution in [0.5, 0.6) is 11.5 Å². The number of aromatic nitrogens is 2. The fraction of sp³-hybridized carbons (Fsp3) is 0.400. The van der Waals surface area contributed by atoms with Crippen LogP contribution >= 0.6 is 11.6 Å². The highest BCUT2D eigenvalue weighted by Crippen LogP contribution is 2.40. The van der Waals surface area contributed by atoms with Gasteiger partial charge in [0.25, 0.3) is 11.5 Å². The van der Waals surface area contributed by atoms with Crippen LogP contribution in [-0.4, -0.2) is 23.1 Å². The van der Waals surface area contributed by atoms with E-state index in [9.17, 15) is 26.7 Å². The summed E-state index contributed by atoms with van der Waals surface area (Å²) < 4.78 is 74.6. The van der Waals surface area contributed by atoms with Crippen molar-refractivity contribution >= 4 is 11.6 Å². The molecule has 31 heavy (non-hydrogen) atoms. The second-order valence-corrected chi connectivity index (χ2v) is 7.42. The number of alkyl halides is 5. The summed E-state index contributed by atoms with van der Waals surface area (Å²) >= 11 is 5.83. The number of halogens is 6. The molecule has 1 aliphatic heterocycles. The van der Waals surface area contributed by atoms with Crippen molar-refractivity contribution in [1.82, 2.24) is 15.3 Å². The number of nitrogens with zero attached hydrogens (tertiary/aromatic N) is 1. The van der Waals surface area contributed by atoms with Crippen molar-refractivity contribution in [3.63, 3.8) is 0 Å². The number of H-pyrrole nitrogens is 1. The van der Waals surface area contributed by atoms with Crippen molar-refractivity contribution in [2.45, 2.75) is 37.8 Å². The Bertz CT molecular complexity index is 1030. The monoisotopic (exact) mass is 463 g/mol. The number of piperidine rings is 1. The first-order chi connectivity index (χ1) is 14.5. The van der Waals surface area contributed by atoms with Crippen LogP contribution in [0.15, 0.2) is 35.1 Å². The Balaban J connectivity index is 2.04. The SMILES string of the molecule is CC=CC(F)(F)c1cc(Oc2c(C(F)(F)F)nc(C3CCNCC3)[nH]c2=O)ccc1Cl. The minimum atomic E-state index is -4.99. The Hall–Kier alpha value is -2.46. The number of benzene rings is 1. The highest BCUT2D eigenvalue weighted by molar-refractivity contribution is 6.31. The van der Waals surface area contributed by atoms with Gasteiger partial charge in [0.2, 0.25) is 5.75 Å². The van der Waals surface area contributed by atoms with Gasteiger partial charge in [-0.2, -0.15) is 22.0 Å². The van der Waals surface area contributed by atoms with Crippen LogP contribution in [0.25, 0.3) is 0 Å². The summed E-state index contributed by atoms with van der Waals surface area (Å²) in [7, 11) is 0. The normalized spacial score (nSPS) is 16.1. The van der Waals surface area contributed by atoms with Gasteiger partial charge in [-0.3, -0.25) is 4.79 Å². The molecule has 0 atom stereocenters. The first-order valence-electron chi connectivity index (χ1n) is 9.44. The molecule has 1 aromatic carbocycles. The molecule has 2 heterocycles. The van der Waals surface area contributed by atoms with Gasteiger partial charge in [0.05, 0.1) is 5.02 Å². The first kappa shape index (κ1) is 23.2. The van der Waals surface area contributed by atoms with E-state index in [4.69, 9.17) is 16.3 Å². The maximum atomic E-state index is 14.3. The zero-order valence-electron chi connectivity index (χ0n) is 16.3. The van der Waals surface area contributed by atoms with Gasteiger partial charge < -0.3 is 15.0 Å². The first-order valence-corrected chi connectivity index (χ1v) is 9.82. The highest BCUT2D eigenvalue weighted by atomic mass is 35.5. The van der Waals surface area contributed by atoms with E-state index in [2.05, 4.69) is 15.3 Å².